The highest BCUT2D eigenvalue weighted by atomic mass is 35.5. The predicted molar refractivity (Wildman–Crippen MR) is 85.4 cm³/mol. The molecule has 7 heteroatoms. The molecular weight excluding hydrogens is 323 g/mol. The first kappa shape index (κ1) is 14.8. The Labute approximate surface area is 137 Å². The smallest absolute Gasteiger partial charge is 0.205 e. The normalized spacial score (nSPS) is 10.7. The summed E-state index contributed by atoms with van der Waals surface area (Å²) in [5.74, 6) is 1.25. The SMILES string of the molecule is COc1cccc(-c2nnn(Cc3c(Cl)cccc3Cl)n2)c1. The van der Waals surface area contributed by atoms with Gasteiger partial charge in [0.2, 0.25) is 5.82 Å². The van der Waals surface area contributed by atoms with Crippen LogP contribution < -0.4 is 4.74 Å². The number of hydrogen-bond donors (Lipinski definition) is 0. The van der Waals surface area contributed by atoms with E-state index in [1.807, 2.05) is 24.3 Å². The molecule has 5 nitrogen and oxygen atoms in total. The summed E-state index contributed by atoms with van der Waals surface area (Å²) in [7, 11) is 1.61. The van der Waals surface area contributed by atoms with Crippen molar-refractivity contribution < 1.29 is 4.74 Å². The fourth-order valence-electron chi connectivity index (χ4n) is 2.01. The van der Waals surface area contributed by atoms with Crippen LogP contribution in [0.2, 0.25) is 10.0 Å². The highest BCUT2D eigenvalue weighted by Gasteiger charge is 2.11. The molecule has 22 heavy (non-hydrogen) atoms. The summed E-state index contributed by atoms with van der Waals surface area (Å²) >= 11 is 12.3. The number of hydrogen-bond acceptors (Lipinski definition) is 4. The number of nitrogens with zero attached hydrogens (tertiary/aromatic N) is 4. The van der Waals surface area contributed by atoms with Crippen molar-refractivity contribution in [1.82, 2.24) is 20.2 Å². The summed E-state index contributed by atoms with van der Waals surface area (Å²) < 4.78 is 5.19. The van der Waals surface area contributed by atoms with Gasteiger partial charge in [0.1, 0.15) is 5.75 Å². The molecule has 1 heterocycles. The molecule has 0 aliphatic carbocycles. The van der Waals surface area contributed by atoms with Gasteiger partial charge in [0.25, 0.3) is 0 Å². The van der Waals surface area contributed by atoms with Crippen molar-refractivity contribution in [2.45, 2.75) is 6.54 Å². The Hall–Kier alpha value is -2.11. The van der Waals surface area contributed by atoms with Crippen LogP contribution in [0.3, 0.4) is 0 Å². The molecule has 0 N–H and O–H groups in total. The Bertz CT molecular complexity index is 783. The largest absolute Gasteiger partial charge is 0.497 e. The highest BCUT2D eigenvalue weighted by Crippen LogP contribution is 2.25. The van der Waals surface area contributed by atoms with E-state index in [-0.39, 0.29) is 0 Å². The summed E-state index contributed by atoms with van der Waals surface area (Å²) in [6.07, 6.45) is 0. The average molecular weight is 335 g/mol. The molecule has 0 saturated heterocycles. The second-order valence-corrected chi connectivity index (χ2v) is 5.39. The first-order chi connectivity index (χ1) is 10.7. The van der Waals surface area contributed by atoms with Crippen LogP contribution in [-0.2, 0) is 6.54 Å². The van der Waals surface area contributed by atoms with Crippen LogP contribution in [-0.4, -0.2) is 27.3 Å². The monoisotopic (exact) mass is 334 g/mol. The van der Waals surface area contributed by atoms with Gasteiger partial charge in [-0.2, -0.15) is 4.80 Å². The molecule has 2 aromatic carbocycles. The van der Waals surface area contributed by atoms with Gasteiger partial charge in [-0.3, -0.25) is 0 Å². The fraction of sp³-hybridized carbons (Fsp3) is 0.133. The second-order valence-electron chi connectivity index (χ2n) is 4.58. The Kier molecular flexibility index (Phi) is 4.27. The number of aromatic nitrogens is 4. The van der Waals surface area contributed by atoms with Crippen LogP contribution in [0.15, 0.2) is 42.5 Å². The minimum atomic E-state index is 0.357. The molecule has 0 bridgehead atoms. The van der Waals surface area contributed by atoms with Crippen molar-refractivity contribution in [3.63, 3.8) is 0 Å². The lowest BCUT2D eigenvalue weighted by atomic mass is 10.2. The number of benzene rings is 2. The van der Waals surface area contributed by atoms with E-state index in [2.05, 4.69) is 15.4 Å². The summed E-state index contributed by atoms with van der Waals surface area (Å²) in [5.41, 5.74) is 1.59. The lowest BCUT2D eigenvalue weighted by molar-refractivity contribution is 0.415. The van der Waals surface area contributed by atoms with Crippen molar-refractivity contribution in [2.24, 2.45) is 0 Å². The van der Waals surface area contributed by atoms with E-state index in [4.69, 9.17) is 27.9 Å². The summed E-state index contributed by atoms with van der Waals surface area (Å²) in [4.78, 5) is 1.46. The first-order valence-electron chi connectivity index (χ1n) is 6.52. The van der Waals surface area contributed by atoms with E-state index in [1.54, 1.807) is 25.3 Å². The number of ether oxygens (including phenoxy) is 1. The molecule has 0 spiro atoms. The molecule has 0 fully saturated rings. The van der Waals surface area contributed by atoms with Crippen molar-refractivity contribution in [3.05, 3.63) is 58.1 Å². The maximum Gasteiger partial charge on any atom is 0.205 e. The van der Waals surface area contributed by atoms with E-state index >= 15 is 0 Å². The molecule has 1 aromatic heterocycles. The molecule has 112 valence electrons. The van der Waals surface area contributed by atoms with Gasteiger partial charge in [-0.15, -0.1) is 10.2 Å². The minimum Gasteiger partial charge on any atom is -0.497 e. The number of methoxy groups -OCH3 is 1. The molecule has 0 saturated carbocycles. The van der Waals surface area contributed by atoms with E-state index in [9.17, 15) is 0 Å². The maximum atomic E-state index is 6.15. The van der Waals surface area contributed by atoms with Gasteiger partial charge >= 0.3 is 0 Å². The van der Waals surface area contributed by atoms with Gasteiger partial charge < -0.3 is 4.74 Å². The maximum absolute atomic E-state index is 6.15. The Balaban J connectivity index is 1.88. The Morgan fingerprint density at radius 1 is 1.09 bits per heavy atom. The molecule has 0 aliphatic rings. The lowest BCUT2D eigenvalue weighted by Crippen LogP contribution is -2.05. The second kappa shape index (κ2) is 6.34. The Morgan fingerprint density at radius 2 is 1.82 bits per heavy atom. The summed E-state index contributed by atoms with van der Waals surface area (Å²) in [6.45, 7) is 0.357. The van der Waals surface area contributed by atoms with E-state index < -0.39 is 0 Å². The zero-order chi connectivity index (χ0) is 15.5. The molecule has 3 rings (SSSR count). The third-order valence-corrected chi connectivity index (χ3v) is 3.85. The van der Waals surface area contributed by atoms with Crippen LogP contribution in [0, 0.1) is 0 Å². The van der Waals surface area contributed by atoms with Crippen LogP contribution in [0.5, 0.6) is 5.75 Å². The van der Waals surface area contributed by atoms with Gasteiger partial charge in [-0.25, -0.2) is 0 Å². The minimum absolute atomic E-state index is 0.357. The van der Waals surface area contributed by atoms with E-state index in [0.29, 0.717) is 22.4 Å². The predicted octanol–water partition coefficient (Wildman–Crippen LogP) is 3.70. The first-order valence-corrected chi connectivity index (χ1v) is 7.28. The molecular formula is C15H12Cl2N4O. The van der Waals surface area contributed by atoms with E-state index in [1.165, 1.54) is 4.80 Å². The Morgan fingerprint density at radius 3 is 2.55 bits per heavy atom. The molecule has 3 aromatic rings. The third kappa shape index (κ3) is 3.05. The van der Waals surface area contributed by atoms with Crippen molar-refractivity contribution in [2.75, 3.05) is 7.11 Å². The van der Waals surface area contributed by atoms with Crippen LogP contribution in [0.1, 0.15) is 5.56 Å². The zero-order valence-corrected chi connectivity index (χ0v) is 13.2. The van der Waals surface area contributed by atoms with Gasteiger partial charge in [-0.1, -0.05) is 41.4 Å². The number of tetrazole rings is 1. The zero-order valence-electron chi connectivity index (χ0n) is 11.7. The average Bonchev–Trinajstić information content (AvgIpc) is 3.00. The van der Waals surface area contributed by atoms with Gasteiger partial charge in [0.15, 0.2) is 0 Å². The summed E-state index contributed by atoms with van der Waals surface area (Å²) in [5, 5.41) is 13.6. The standard InChI is InChI=1S/C15H12Cl2N4O/c1-22-11-5-2-4-10(8-11)15-18-20-21(19-15)9-12-13(16)6-3-7-14(12)17/h2-8H,9H2,1H3. The molecule has 0 amide bonds. The van der Waals surface area contributed by atoms with Crippen LogP contribution in [0.25, 0.3) is 11.4 Å². The van der Waals surface area contributed by atoms with E-state index in [0.717, 1.165) is 16.9 Å². The van der Waals surface area contributed by atoms with Crippen molar-refractivity contribution >= 4 is 23.2 Å². The number of halogens is 2. The van der Waals surface area contributed by atoms with Crippen molar-refractivity contribution in [3.8, 4) is 17.1 Å². The molecule has 0 unspecified atom stereocenters. The summed E-state index contributed by atoms with van der Waals surface area (Å²) in [6, 6.07) is 12.8. The van der Waals surface area contributed by atoms with Gasteiger partial charge in [-0.05, 0) is 29.5 Å². The third-order valence-electron chi connectivity index (χ3n) is 3.14. The highest BCUT2D eigenvalue weighted by molar-refractivity contribution is 6.35. The quantitative estimate of drug-likeness (QED) is 0.729. The van der Waals surface area contributed by atoms with Crippen LogP contribution in [0.4, 0.5) is 0 Å². The van der Waals surface area contributed by atoms with Gasteiger partial charge in [0.05, 0.1) is 13.7 Å². The topological polar surface area (TPSA) is 52.8 Å². The molecule has 0 radical (unpaired) electrons. The van der Waals surface area contributed by atoms with Gasteiger partial charge in [0, 0.05) is 21.2 Å². The van der Waals surface area contributed by atoms with Crippen LogP contribution >= 0.6 is 23.2 Å². The fourth-order valence-corrected chi connectivity index (χ4v) is 2.53. The lowest BCUT2D eigenvalue weighted by Gasteiger charge is -2.05. The molecule has 0 aliphatic heterocycles. The van der Waals surface area contributed by atoms with Crippen molar-refractivity contribution in [1.29, 1.82) is 0 Å². The molecule has 0 atom stereocenters. The number of rotatable bonds is 4.